The van der Waals surface area contributed by atoms with Crippen molar-refractivity contribution in [3.05, 3.63) is 18.3 Å². The van der Waals surface area contributed by atoms with Crippen LogP contribution in [-0.4, -0.2) is 40.2 Å². The monoisotopic (exact) mass is 289 g/mol. The maximum Gasteiger partial charge on any atom is 0.321 e. The molecule has 0 amide bonds. The molecule has 0 spiro atoms. The molecule has 0 aliphatic rings. The van der Waals surface area contributed by atoms with Crippen LogP contribution in [0.5, 0.6) is 11.8 Å². The van der Waals surface area contributed by atoms with E-state index in [0.717, 1.165) is 13.0 Å². The Hall–Kier alpha value is -2.44. The summed E-state index contributed by atoms with van der Waals surface area (Å²) in [5, 5.41) is 3.13. The maximum atomic E-state index is 5.39. The van der Waals surface area contributed by atoms with Gasteiger partial charge in [0.25, 0.3) is 0 Å². The lowest BCUT2D eigenvalue weighted by Crippen LogP contribution is -2.09. The van der Waals surface area contributed by atoms with Crippen molar-refractivity contribution in [3.63, 3.8) is 0 Å². The molecule has 7 heteroatoms. The third kappa shape index (κ3) is 3.77. The number of hydrogen-bond donors (Lipinski definition) is 1. The second-order valence-corrected chi connectivity index (χ2v) is 4.18. The molecule has 1 N–H and O–H groups in total. The summed E-state index contributed by atoms with van der Waals surface area (Å²) < 4.78 is 10.7. The molecule has 112 valence electrons. The molecule has 21 heavy (non-hydrogen) atoms. The Bertz CT molecular complexity index is 591. The fraction of sp³-hybridized carbons (Fsp3) is 0.429. The smallest absolute Gasteiger partial charge is 0.321 e. The van der Waals surface area contributed by atoms with Crippen LogP contribution in [0.25, 0.3) is 11.5 Å². The summed E-state index contributed by atoms with van der Waals surface area (Å²) in [6, 6.07) is 3.88. The van der Waals surface area contributed by atoms with Crippen molar-refractivity contribution in [1.82, 2.24) is 19.9 Å². The number of nitrogens with zero attached hydrogens (tertiary/aromatic N) is 4. The second-order valence-electron chi connectivity index (χ2n) is 4.18. The summed E-state index contributed by atoms with van der Waals surface area (Å²) in [6.07, 6.45) is 2.64. The first-order valence-corrected chi connectivity index (χ1v) is 6.90. The van der Waals surface area contributed by atoms with E-state index in [-0.39, 0.29) is 6.01 Å². The van der Waals surface area contributed by atoms with Crippen molar-refractivity contribution in [3.8, 4) is 23.3 Å². The predicted molar refractivity (Wildman–Crippen MR) is 79.6 cm³/mol. The van der Waals surface area contributed by atoms with Crippen LogP contribution >= 0.6 is 0 Å². The van der Waals surface area contributed by atoms with Crippen molar-refractivity contribution in [2.75, 3.05) is 25.6 Å². The number of anilines is 1. The fourth-order valence-electron chi connectivity index (χ4n) is 1.70. The Morgan fingerprint density at radius 2 is 2.05 bits per heavy atom. The van der Waals surface area contributed by atoms with Crippen LogP contribution in [-0.2, 0) is 0 Å². The number of rotatable bonds is 7. The average molecular weight is 289 g/mol. The van der Waals surface area contributed by atoms with Crippen LogP contribution in [0.3, 0.4) is 0 Å². The highest BCUT2D eigenvalue weighted by Crippen LogP contribution is 2.25. The molecule has 0 fully saturated rings. The molecule has 0 unspecified atom stereocenters. The van der Waals surface area contributed by atoms with Crippen LogP contribution in [0.15, 0.2) is 18.3 Å². The minimum atomic E-state index is 0.272. The van der Waals surface area contributed by atoms with E-state index < -0.39 is 0 Å². The normalized spacial score (nSPS) is 10.2. The summed E-state index contributed by atoms with van der Waals surface area (Å²) in [7, 11) is 1.58. The molecule has 0 aromatic carbocycles. The summed E-state index contributed by atoms with van der Waals surface area (Å²) in [5.74, 6) is 1.50. The molecule has 0 bridgehead atoms. The highest BCUT2D eigenvalue weighted by Gasteiger charge is 2.14. The van der Waals surface area contributed by atoms with E-state index >= 15 is 0 Å². The molecule has 0 aliphatic heterocycles. The SMILES string of the molecule is CCCNc1nc(OCC)nc(-c2ncccc2OC)n1. The number of aromatic nitrogens is 4. The molecular weight excluding hydrogens is 270 g/mol. The van der Waals surface area contributed by atoms with Crippen LogP contribution < -0.4 is 14.8 Å². The zero-order valence-corrected chi connectivity index (χ0v) is 12.5. The van der Waals surface area contributed by atoms with Gasteiger partial charge < -0.3 is 14.8 Å². The van der Waals surface area contributed by atoms with Gasteiger partial charge in [0.1, 0.15) is 11.4 Å². The van der Waals surface area contributed by atoms with E-state index in [1.54, 1.807) is 19.4 Å². The molecule has 0 saturated heterocycles. The van der Waals surface area contributed by atoms with Crippen molar-refractivity contribution in [2.45, 2.75) is 20.3 Å². The summed E-state index contributed by atoms with van der Waals surface area (Å²) in [5.41, 5.74) is 0.558. The predicted octanol–water partition coefficient (Wildman–Crippen LogP) is 2.16. The van der Waals surface area contributed by atoms with E-state index in [0.29, 0.717) is 29.8 Å². The Labute approximate surface area is 123 Å². The van der Waals surface area contributed by atoms with Crippen molar-refractivity contribution >= 4 is 5.95 Å². The Balaban J connectivity index is 2.43. The Kier molecular flexibility index (Phi) is 5.25. The van der Waals surface area contributed by atoms with E-state index in [9.17, 15) is 0 Å². The number of nitrogens with one attached hydrogen (secondary N) is 1. The Morgan fingerprint density at radius 3 is 2.76 bits per heavy atom. The lowest BCUT2D eigenvalue weighted by Gasteiger charge is -2.10. The highest BCUT2D eigenvalue weighted by molar-refractivity contribution is 5.59. The summed E-state index contributed by atoms with van der Waals surface area (Å²) in [4.78, 5) is 17.2. The first-order valence-electron chi connectivity index (χ1n) is 6.90. The molecule has 2 rings (SSSR count). The molecular formula is C14H19N5O2. The first kappa shape index (κ1) is 15.0. The zero-order chi connectivity index (χ0) is 15.1. The van der Waals surface area contributed by atoms with Crippen molar-refractivity contribution in [2.24, 2.45) is 0 Å². The van der Waals surface area contributed by atoms with Gasteiger partial charge in [0.05, 0.1) is 13.7 Å². The molecule has 2 heterocycles. The van der Waals surface area contributed by atoms with Gasteiger partial charge in [0, 0.05) is 12.7 Å². The van der Waals surface area contributed by atoms with Gasteiger partial charge in [0.15, 0.2) is 5.82 Å². The molecule has 2 aromatic heterocycles. The molecule has 0 atom stereocenters. The molecule has 0 radical (unpaired) electrons. The van der Waals surface area contributed by atoms with Crippen molar-refractivity contribution < 1.29 is 9.47 Å². The number of pyridine rings is 1. The van der Waals surface area contributed by atoms with Gasteiger partial charge in [-0.05, 0) is 25.5 Å². The topological polar surface area (TPSA) is 82.1 Å². The van der Waals surface area contributed by atoms with Gasteiger partial charge >= 0.3 is 6.01 Å². The van der Waals surface area contributed by atoms with Crippen LogP contribution in [0.1, 0.15) is 20.3 Å². The number of ether oxygens (including phenoxy) is 2. The van der Waals surface area contributed by atoms with Gasteiger partial charge in [-0.1, -0.05) is 6.92 Å². The van der Waals surface area contributed by atoms with E-state index in [2.05, 4.69) is 32.2 Å². The third-order valence-corrected chi connectivity index (χ3v) is 2.62. The maximum absolute atomic E-state index is 5.39. The summed E-state index contributed by atoms with van der Waals surface area (Å²) in [6.45, 7) is 5.20. The zero-order valence-electron chi connectivity index (χ0n) is 12.5. The van der Waals surface area contributed by atoms with Crippen LogP contribution in [0.2, 0.25) is 0 Å². The fourth-order valence-corrected chi connectivity index (χ4v) is 1.70. The quantitative estimate of drug-likeness (QED) is 0.836. The minimum Gasteiger partial charge on any atom is -0.494 e. The number of methoxy groups -OCH3 is 1. The summed E-state index contributed by atoms with van der Waals surface area (Å²) >= 11 is 0. The van der Waals surface area contributed by atoms with Gasteiger partial charge in [0.2, 0.25) is 5.95 Å². The lowest BCUT2D eigenvalue weighted by molar-refractivity contribution is 0.312. The van der Waals surface area contributed by atoms with Gasteiger partial charge in [-0.25, -0.2) is 4.98 Å². The standard InChI is InChI=1S/C14H19N5O2/c1-4-8-16-13-17-12(18-14(19-13)21-5-2)11-10(20-3)7-6-9-15-11/h6-7,9H,4-5,8H2,1-3H3,(H,16,17,18,19). The van der Waals surface area contributed by atoms with Crippen molar-refractivity contribution in [1.29, 1.82) is 0 Å². The largest absolute Gasteiger partial charge is 0.494 e. The number of hydrogen-bond acceptors (Lipinski definition) is 7. The van der Waals surface area contributed by atoms with Gasteiger partial charge in [-0.15, -0.1) is 0 Å². The third-order valence-electron chi connectivity index (χ3n) is 2.62. The van der Waals surface area contributed by atoms with Gasteiger partial charge in [-0.3, -0.25) is 0 Å². The molecule has 7 nitrogen and oxygen atoms in total. The van der Waals surface area contributed by atoms with E-state index in [4.69, 9.17) is 9.47 Å². The van der Waals surface area contributed by atoms with Crippen LogP contribution in [0.4, 0.5) is 5.95 Å². The van der Waals surface area contributed by atoms with E-state index in [1.165, 1.54) is 0 Å². The van der Waals surface area contributed by atoms with Crippen LogP contribution in [0, 0.1) is 0 Å². The lowest BCUT2D eigenvalue weighted by atomic mass is 10.3. The minimum absolute atomic E-state index is 0.272. The Morgan fingerprint density at radius 1 is 1.19 bits per heavy atom. The molecule has 2 aromatic rings. The molecule has 0 saturated carbocycles. The first-order chi connectivity index (χ1) is 10.3. The average Bonchev–Trinajstić information content (AvgIpc) is 2.53. The second kappa shape index (κ2) is 7.37. The highest BCUT2D eigenvalue weighted by atomic mass is 16.5. The van der Waals surface area contributed by atoms with E-state index in [1.807, 2.05) is 13.0 Å². The molecule has 0 aliphatic carbocycles. The van der Waals surface area contributed by atoms with Gasteiger partial charge in [-0.2, -0.15) is 15.0 Å².